The van der Waals surface area contributed by atoms with Crippen molar-refractivity contribution in [3.05, 3.63) is 22.4 Å². The summed E-state index contributed by atoms with van der Waals surface area (Å²) in [5, 5.41) is 2.17. The second kappa shape index (κ2) is 6.38. The fraction of sp³-hybridized carbons (Fsp3) is 0.750. The standard InChI is InChI=1S/C16H28N2S/c1-4-18(11-15-6-5-9-19-15)16(12-17)10-13(2)7-8-14(16)3/h5-6,9,13-14H,4,7-8,10-12,17H2,1-3H3. The molecule has 0 amide bonds. The molecule has 1 aliphatic carbocycles. The van der Waals surface area contributed by atoms with E-state index >= 15 is 0 Å². The molecule has 1 fully saturated rings. The third kappa shape index (κ3) is 3.04. The molecule has 2 nitrogen and oxygen atoms in total. The Hall–Kier alpha value is -0.380. The summed E-state index contributed by atoms with van der Waals surface area (Å²) in [4.78, 5) is 4.10. The molecule has 2 rings (SSSR count). The topological polar surface area (TPSA) is 29.3 Å². The van der Waals surface area contributed by atoms with Gasteiger partial charge < -0.3 is 5.73 Å². The summed E-state index contributed by atoms with van der Waals surface area (Å²) in [6, 6.07) is 4.39. The summed E-state index contributed by atoms with van der Waals surface area (Å²) < 4.78 is 0. The summed E-state index contributed by atoms with van der Waals surface area (Å²) in [5.74, 6) is 1.51. The molecule has 1 aromatic heterocycles. The normalized spacial score (nSPS) is 31.8. The van der Waals surface area contributed by atoms with Gasteiger partial charge in [0.15, 0.2) is 0 Å². The first-order valence-electron chi connectivity index (χ1n) is 7.60. The lowest BCUT2D eigenvalue weighted by Crippen LogP contribution is -2.59. The van der Waals surface area contributed by atoms with Gasteiger partial charge in [0.1, 0.15) is 0 Å². The Morgan fingerprint density at radius 3 is 2.79 bits per heavy atom. The van der Waals surface area contributed by atoms with Crippen LogP contribution in [-0.2, 0) is 6.54 Å². The van der Waals surface area contributed by atoms with Gasteiger partial charge in [-0.1, -0.05) is 33.3 Å². The van der Waals surface area contributed by atoms with Crippen LogP contribution in [0.2, 0.25) is 0 Å². The number of nitrogens with zero attached hydrogens (tertiary/aromatic N) is 1. The summed E-state index contributed by atoms with van der Waals surface area (Å²) in [7, 11) is 0. The molecule has 0 radical (unpaired) electrons. The molecule has 19 heavy (non-hydrogen) atoms. The average molecular weight is 280 g/mol. The summed E-state index contributed by atoms with van der Waals surface area (Å²) in [5.41, 5.74) is 6.46. The number of nitrogens with two attached hydrogens (primary N) is 1. The number of rotatable bonds is 5. The lowest BCUT2D eigenvalue weighted by atomic mass is 9.68. The Bertz CT molecular complexity index is 376. The van der Waals surface area contributed by atoms with Gasteiger partial charge >= 0.3 is 0 Å². The number of hydrogen-bond acceptors (Lipinski definition) is 3. The number of thiophene rings is 1. The first-order chi connectivity index (χ1) is 9.12. The van der Waals surface area contributed by atoms with E-state index in [9.17, 15) is 0 Å². The van der Waals surface area contributed by atoms with Crippen LogP contribution in [0.15, 0.2) is 17.5 Å². The van der Waals surface area contributed by atoms with E-state index in [2.05, 4.69) is 43.2 Å². The van der Waals surface area contributed by atoms with E-state index in [1.165, 1.54) is 24.1 Å². The second-order valence-corrected chi connectivity index (χ2v) is 7.22. The third-order valence-corrected chi connectivity index (χ3v) is 5.86. The van der Waals surface area contributed by atoms with Crippen LogP contribution in [0.1, 0.15) is 44.9 Å². The third-order valence-electron chi connectivity index (χ3n) is 5.00. The van der Waals surface area contributed by atoms with Gasteiger partial charge in [0.2, 0.25) is 0 Å². The minimum Gasteiger partial charge on any atom is -0.329 e. The zero-order valence-electron chi connectivity index (χ0n) is 12.6. The quantitative estimate of drug-likeness (QED) is 0.890. The maximum Gasteiger partial charge on any atom is 0.0363 e. The highest BCUT2D eigenvalue weighted by Crippen LogP contribution is 2.41. The number of likely N-dealkylation sites (N-methyl/N-ethyl adjacent to an activating group) is 1. The summed E-state index contributed by atoms with van der Waals surface area (Å²) >= 11 is 1.86. The highest BCUT2D eigenvalue weighted by atomic mass is 32.1. The largest absolute Gasteiger partial charge is 0.329 e. The van der Waals surface area contributed by atoms with E-state index in [0.29, 0.717) is 5.92 Å². The molecular weight excluding hydrogens is 252 g/mol. The van der Waals surface area contributed by atoms with E-state index < -0.39 is 0 Å². The minimum atomic E-state index is 0.205. The van der Waals surface area contributed by atoms with Crippen LogP contribution in [-0.4, -0.2) is 23.5 Å². The van der Waals surface area contributed by atoms with Crippen molar-refractivity contribution in [2.75, 3.05) is 13.1 Å². The molecule has 3 unspecified atom stereocenters. The molecule has 2 N–H and O–H groups in total. The molecule has 0 aromatic carbocycles. The van der Waals surface area contributed by atoms with Crippen LogP contribution < -0.4 is 5.73 Å². The van der Waals surface area contributed by atoms with Crippen molar-refractivity contribution < 1.29 is 0 Å². The van der Waals surface area contributed by atoms with Crippen LogP contribution in [0, 0.1) is 11.8 Å². The smallest absolute Gasteiger partial charge is 0.0363 e. The molecule has 1 saturated carbocycles. The van der Waals surface area contributed by atoms with Crippen molar-refractivity contribution in [3.8, 4) is 0 Å². The van der Waals surface area contributed by atoms with Crippen LogP contribution in [0.25, 0.3) is 0 Å². The van der Waals surface area contributed by atoms with Crippen molar-refractivity contribution in [1.82, 2.24) is 4.90 Å². The van der Waals surface area contributed by atoms with E-state index in [-0.39, 0.29) is 5.54 Å². The zero-order chi connectivity index (χ0) is 13.9. The Balaban J connectivity index is 2.20. The maximum atomic E-state index is 6.26. The van der Waals surface area contributed by atoms with E-state index in [1.54, 1.807) is 0 Å². The molecule has 0 spiro atoms. The van der Waals surface area contributed by atoms with E-state index in [1.807, 2.05) is 11.3 Å². The lowest BCUT2D eigenvalue weighted by Gasteiger charge is -2.51. The monoisotopic (exact) mass is 280 g/mol. The van der Waals surface area contributed by atoms with Gasteiger partial charge in [0.25, 0.3) is 0 Å². The van der Waals surface area contributed by atoms with Gasteiger partial charge in [-0.25, -0.2) is 0 Å². The Morgan fingerprint density at radius 2 is 2.21 bits per heavy atom. The highest BCUT2D eigenvalue weighted by Gasteiger charge is 2.43. The molecule has 0 bridgehead atoms. The van der Waals surface area contributed by atoms with Gasteiger partial charge in [0, 0.05) is 23.5 Å². The first-order valence-corrected chi connectivity index (χ1v) is 8.48. The average Bonchev–Trinajstić information content (AvgIpc) is 2.92. The first kappa shape index (κ1) is 15.0. The number of hydrogen-bond donors (Lipinski definition) is 1. The van der Waals surface area contributed by atoms with Gasteiger partial charge in [-0.15, -0.1) is 11.3 Å². The molecule has 1 aliphatic rings. The molecule has 3 heteroatoms. The maximum absolute atomic E-state index is 6.26. The van der Waals surface area contributed by atoms with Crippen molar-refractivity contribution in [2.45, 2.75) is 52.1 Å². The van der Waals surface area contributed by atoms with Crippen LogP contribution in [0.4, 0.5) is 0 Å². The molecule has 3 atom stereocenters. The Labute approximate surface area is 122 Å². The summed E-state index contributed by atoms with van der Waals surface area (Å²) in [6.45, 7) is 9.99. The van der Waals surface area contributed by atoms with Gasteiger partial charge in [-0.3, -0.25) is 4.90 Å². The molecule has 1 aromatic rings. The van der Waals surface area contributed by atoms with Gasteiger partial charge in [-0.2, -0.15) is 0 Å². The highest BCUT2D eigenvalue weighted by molar-refractivity contribution is 7.09. The molecule has 0 saturated heterocycles. The second-order valence-electron chi connectivity index (χ2n) is 6.19. The summed E-state index contributed by atoms with van der Waals surface area (Å²) in [6.07, 6.45) is 3.93. The van der Waals surface area contributed by atoms with Crippen LogP contribution >= 0.6 is 11.3 Å². The zero-order valence-corrected chi connectivity index (χ0v) is 13.4. The van der Waals surface area contributed by atoms with Crippen molar-refractivity contribution >= 4 is 11.3 Å². The predicted molar refractivity (Wildman–Crippen MR) is 84.4 cm³/mol. The fourth-order valence-electron chi connectivity index (χ4n) is 3.74. The van der Waals surface area contributed by atoms with Crippen molar-refractivity contribution in [2.24, 2.45) is 17.6 Å². The van der Waals surface area contributed by atoms with Crippen molar-refractivity contribution in [1.29, 1.82) is 0 Å². The van der Waals surface area contributed by atoms with E-state index in [0.717, 1.165) is 25.6 Å². The van der Waals surface area contributed by atoms with Gasteiger partial charge in [0.05, 0.1) is 0 Å². The van der Waals surface area contributed by atoms with E-state index in [4.69, 9.17) is 5.73 Å². The van der Waals surface area contributed by atoms with Crippen LogP contribution in [0.5, 0.6) is 0 Å². The van der Waals surface area contributed by atoms with Crippen molar-refractivity contribution in [3.63, 3.8) is 0 Å². The fourth-order valence-corrected chi connectivity index (χ4v) is 4.46. The molecule has 1 heterocycles. The van der Waals surface area contributed by atoms with Crippen LogP contribution in [0.3, 0.4) is 0 Å². The Morgan fingerprint density at radius 1 is 1.42 bits per heavy atom. The lowest BCUT2D eigenvalue weighted by molar-refractivity contribution is -0.00576. The molecule has 0 aliphatic heterocycles. The Kier molecular flexibility index (Phi) is 5.04. The predicted octanol–water partition coefficient (Wildman–Crippen LogP) is 3.72. The molecule has 108 valence electrons. The minimum absolute atomic E-state index is 0.205. The molecular formula is C16H28N2S. The van der Waals surface area contributed by atoms with Gasteiger partial charge in [-0.05, 0) is 42.7 Å². The SMILES string of the molecule is CCN(Cc1cccs1)C1(CN)CC(C)CCC1C.